The zero-order valence-corrected chi connectivity index (χ0v) is 12.9. The molecule has 0 spiro atoms. The first-order chi connectivity index (χ1) is 9.45. The van der Waals surface area contributed by atoms with Crippen molar-refractivity contribution < 1.29 is 4.79 Å². The van der Waals surface area contributed by atoms with Crippen LogP contribution in [-0.4, -0.2) is 47.0 Å². The molecule has 0 unspecified atom stereocenters. The molecule has 2 rings (SSSR count). The van der Waals surface area contributed by atoms with Gasteiger partial charge < -0.3 is 9.80 Å². The molecule has 110 valence electrons. The lowest BCUT2D eigenvalue weighted by molar-refractivity contribution is -0.132. The summed E-state index contributed by atoms with van der Waals surface area (Å²) in [7, 11) is 0. The molecule has 1 aromatic heterocycles. The Morgan fingerprint density at radius 2 is 1.85 bits per heavy atom. The fourth-order valence-electron chi connectivity index (χ4n) is 2.52. The number of hydrogen-bond acceptors (Lipinski definition) is 4. The van der Waals surface area contributed by atoms with Crippen molar-refractivity contribution in [2.24, 2.45) is 5.92 Å². The molecule has 1 aliphatic heterocycles. The molecule has 0 N–H and O–H groups in total. The summed E-state index contributed by atoms with van der Waals surface area (Å²) in [4.78, 5) is 25.0. The van der Waals surface area contributed by atoms with E-state index in [1.807, 2.05) is 24.8 Å². The van der Waals surface area contributed by atoms with E-state index in [1.54, 1.807) is 0 Å². The van der Waals surface area contributed by atoms with Crippen molar-refractivity contribution in [3.05, 3.63) is 17.6 Å². The molecule has 1 aliphatic rings. The fraction of sp³-hybridized carbons (Fsp3) is 0.667. The smallest absolute Gasteiger partial charge is 0.222 e. The van der Waals surface area contributed by atoms with E-state index in [0.717, 1.165) is 43.5 Å². The van der Waals surface area contributed by atoms with E-state index in [9.17, 15) is 4.79 Å². The van der Waals surface area contributed by atoms with Crippen molar-refractivity contribution in [1.82, 2.24) is 14.9 Å². The van der Waals surface area contributed by atoms with Crippen LogP contribution in [-0.2, 0) is 4.79 Å². The van der Waals surface area contributed by atoms with Gasteiger partial charge in [-0.2, -0.15) is 0 Å². The predicted octanol–water partition coefficient (Wildman–Crippen LogP) is 1.79. The summed E-state index contributed by atoms with van der Waals surface area (Å²) >= 11 is 0. The molecule has 0 saturated carbocycles. The third-order valence-electron chi connectivity index (χ3n) is 3.49. The van der Waals surface area contributed by atoms with Crippen LogP contribution in [0.3, 0.4) is 0 Å². The van der Waals surface area contributed by atoms with Crippen LogP contribution in [0.5, 0.6) is 0 Å². The average molecular weight is 276 g/mol. The Balaban J connectivity index is 1.95. The Morgan fingerprint density at radius 3 is 2.40 bits per heavy atom. The molecule has 20 heavy (non-hydrogen) atoms. The van der Waals surface area contributed by atoms with Crippen LogP contribution in [0.25, 0.3) is 0 Å². The topological polar surface area (TPSA) is 49.3 Å². The lowest BCUT2D eigenvalue weighted by Gasteiger charge is -2.35. The van der Waals surface area contributed by atoms with E-state index in [4.69, 9.17) is 0 Å². The van der Waals surface area contributed by atoms with Crippen LogP contribution in [0.2, 0.25) is 0 Å². The minimum Gasteiger partial charge on any atom is -0.353 e. The van der Waals surface area contributed by atoms with Crippen molar-refractivity contribution in [2.75, 3.05) is 31.1 Å². The second-order valence-corrected chi connectivity index (χ2v) is 5.88. The van der Waals surface area contributed by atoms with Gasteiger partial charge in [-0.3, -0.25) is 4.79 Å². The highest BCUT2D eigenvalue weighted by molar-refractivity contribution is 5.76. The number of hydrogen-bond donors (Lipinski definition) is 0. The van der Waals surface area contributed by atoms with Gasteiger partial charge in [0.25, 0.3) is 0 Å². The highest BCUT2D eigenvalue weighted by Gasteiger charge is 2.22. The van der Waals surface area contributed by atoms with Crippen LogP contribution in [0, 0.1) is 19.8 Å². The maximum atomic E-state index is 12.0. The van der Waals surface area contributed by atoms with E-state index in [1.165, 1.54) is 0 Å². The number of nitrogens with zero attached hydrogens (tertiary/aromatic N) is 4. The van der Waals surface area contributed by atoms with Crippen LogP contribution in [0.1, 0.15) is 31.8 Å². The zero-order valence-electron chi connectivity index (χ0n) is 12.9. The summed E-state index contributed by atoms with van der Waals surface area (Å²) < 4.78 is 0. The van der Waals surface area contributed by atoms with Crippen LogP contribution >= 0.6 is 0 Å². The first kappa shape index (κ1) is 14.8. The van der Waals surface area contributed by atoms with Gasteiger partial charge in [0, 0.05) is 44.4 Å². The average Bonchev–Trinajstić information content (AvgIpc) is 2.37. The lowest BCUT2D eigenvalue weighted by Crippen LogP contribution is -2.49. The van der Waals surface area contributed by atoms with Crippen LogP contribution in [0.15, 0.2) is 6.07 Å². The van der Waals surface area contributed by atoms with Gasteiger partial charge in [-0.1, -0.05) is 13.8 Å². The predicted molar refractivity (Wildman–Crippen MR) is 79.8 cm³/mol. The van der Waals surface area contributed by atoms with Crippen molar-refractivity contribution in [2.45, 2.75) is 34.1 Å². The summed E-state index contributed by atoms with van der Waals surface area (Å²) in [6, 6.07) is 2.01. The number of carbonyl (C=O) groups is 1. The Hall–Kier alpha value is -1.65. The maximum Gasteiger partial charge on any atom is 0.222 e. The molecule has 5 heteroatoms. The summed E-state index contributed by atoms with van der Waals surface area (Å²) in [6.45, 7) is 11.3. The number of anilines is 1. The van der Waals surface area contributed by atoms with Crippen molar-refractivity contribution >= 4 is 11.7 Å². The van der Waals surface area contributed by atoms with E-state index in [0.29, 0.717) is 12.3 Å². The third kappa shape index (κ3) is 3.68. The van der Waals surface area contributed by atoms with Gasteiger partial charge in [-0.25, -0.2) is 9.97 Å². The van der Waals surface area contributed by atoms with Gasteiger partial charge in [0.2, 0.25) is 5.91 Å². The van der Waals surface area contributed by atoms with Gasteiger partial charge in [0.15, 0.2) is 0 Å². The molecular weight excluding hydrogens is 252 g/mol. The molecule has 0 atom stereocenters. The minimum absolute atomic E-state index is 0.273. The monoisotopic (exact) mass is 276 g/mol. The van der Waals surface area contributed by atoms with Gasteiger partial charge in [-0.15, -0.1) is 0 Å². The summed E-state index contributed by atoms with van der Waals surface area (Å²) in [6.07, 6.45) is 0.645. The molecule has 2 heterocycles. The number of piperazine rings is 1. The Morgan fingerprint density at radius 1 is 1.20 bits per heavy atom. The Labute approximate surface area is 121 Å². The van der Waals surface area contributed by atoms with Crippen LogP contribution in [0.4, 0.5) is 5.82 Å². The minimum atomic E-state index is 0.273. The molecule has 1 fully saturated rings. The maximum absolute atomic E-state index is 12.0. The van der Waals surface area contributed by atoms with E-state index < -0.39 is 0 Å². The largest absolute Gasteiger partial charge is 0.353 e. The lowest BCUT2D eigenvalue weighted by atomic mass is 10.1. The van der Waals surface area contributed by atoms with Crippen LogP contribution < -0.4 is 4.90 Å². The molecule has 5 nitrogen and oxygen atoms in total. The summed E-state index contributed by atoms with van der Waals surface area (Å²) in [5.74, 6) is 2.48. The number of aryl methyl sites for hydroxylation is 2. The second kappa shape index (κ2) is 6.20. The first-order valence-corrected chi connectivity index (χ1v) is 7.30. The molecule has 1 aromatic rings. The third-order valence-corrected chi connectivity index (χ3v) is 3.49. The molecule has 1 saturated heterocycles. The molecule has 1 amide bonds. The SMILES string of the molecule is Cc1cc(N2CCN(C(=O)CC(C)C)CC2)nc(C)n1. The Bertz CT molecular complexity index is 459. The number of rotatable bonds is 3. The summed E-state index contributed by atoms with van der Waals surface area (Å²) in [5.41, 5.74) is 0.991. The molecule has 0 aliphatic carbocycles. The van der Waals surface area contributed by atoms with Gasteiger partial charge >= 0.3 is 0 Å². The number of aromatic nitrogens is 2. The van der Waals surface area contributed by atoms with Crippen molar-refractivity contribution in [1.29, 1.82) is 0 Å². The standard InChI is InChI=1S/C15H24N4O/c1-11(2)9-15(20)19-7-5-18(6-8-19)14-10-12(3)16-13(4)17-14/h10-11H,5-9H2,1-4H3. The molecule has 0 radical (unpaired) electrons. The van der Waals surface area contributed by atoms with Crippen molar-refractivity contribution in [3.8, 4) is 0 Å². The van der Waals surface area contributed by atoms with E-state index in [-0.39, 0.29) is 5.91 Å². The quantitative estimate of drug-likeness (QED) is 0.844. The molecule has 0 bridgehead atoms. The highest BCUT2D eigenvalue weighted by Crippen LogP contribution is 2.16. The zero-order chi connectivity index (χ0) is 14.7. The number of carbonyl (C=O) groups excluding carboxylic acids is 1. The Kier molecular flexibility index (Phi) is 4.57. The van der Waals surface area contributed by atoms with Gasteiger partial charge in [-0.05, 0) is 19.8 Å². The summed E-state index contributed by atoms with van der Waals surface area (Å²) in [5, 5.41) is 0. The van der Waals surface area contributed by atoms with Crippen molar-refractivity contribution in [3.63, 3.8) is 0 Å². The molecule has 0 aromatic carbocycles. The highest BCUT2D eigenvalue weighted by atomic mass is 16.2. The second-order valence-electron chi connectivity index (χ2n) is 5.88. The van der Waals surface area contributed by atoms with E-state index >= 15 is 0 Å². The van der Waals surface area contributed by atoms with E-state index in [2.05, 4.69) is 28.7 Å². The van der Waals surface area contributed by atoms with Gasteiger partial charge in [0.1, 0.15) is 11.6 Å². The first-order valence-electron chi connectivity index (χ1n) is 7.30. The van der Waals surface area contributed by atoms with Gasteiger partial charge in [0.05, 0.1) is 0 Å². The fourth-order valence-corrected chi connectivity index (χ4v) is 2.52. The normalized spacial score (nSPS) is 15.8. The number of amides is 1. The molecular formula is C15H24N4O.